The summed E-state index contributed by atoms with van der Waals surface area (Å²) in [6.07, 6.45) is 2.50. The van der Waals surface area contributed by atoms with Crippen LogP contribution in [0.4, 0.5) is 11.5 Å². The fraction of sp³-hybridized carbons (Fsp3) is 0.423. The number of benzene rings is 2. The number of amides is 1. The molecule has 2 fully saturated rings. The SMILES string of the molecule is COc1ccc(N2CCN(c3nnc(C(=O)NCCN4CCCC4)c4ccccc34)CC2)cc1. The van der Waals surface area contributed by atoms with Crippen LogP contribution >= 0.6 is 0 Å². The molecule has 34 heavy (non-hydrogen) atoms. The fourth-order valence-electron chi connectivity index (χ4n) is 4.88. The van der Waals surface area contributed by atoms with Crippen LogP contribution in [0.3, 0.4) is 0 Å². The molecular weight excluding hydrogens is 428 g/mol. The second-order valence-electron chi connectivity index (χ2n) is 8.89. The van der Waals surface area contributed by atoms with Crippen LogP contribution in [0, 0.1) is 0 Å². The maximum atomic E-state index is 12.9. The summed E-state index contributed by atoms with van der Waals surface area (Å²) < 4.78 is 5.27. The van der Waals surface area contributed by atoms with Gasteiger partial charge in [0.2, 0.25) is 0 Å². The first-order valence-corrected chi connectivity index (χ1v) is 12.1. The summed E-state index contributed by atoms with van der Waals surface area (Å²) in [5, 5.41) is 13.8. The van der Waals surface area contributed by atoms with Crippen molar-refractivity contribution in [1.29, 1.82) is 0 Å². The maximum absolute atomic E-state index is 12.9. The highest BCUT2D eigenvalue weighted by atomic mass is 16.5. The predicted molar refractivity (Wildman–Crippen MR) is 135 cm³/mol. The molecule has 2 aromatic carbocycles. The number of likely N-dealkylation sites (tertiary alicyclic amines) is 1. The van der Waals surface area contributed by atoms with E-state index in [9.17, 15) is 4.79 Å². The van der Waals surface area contributed by atoms with Gasteiger partial charge in [-0.2, -0.15) is 0 Å². The van der Waals surface area contributed by atoms with Crippen molar-refractivity contribution in [3.63, 3.8) is 0 Å². The van der Waals surface area contributed by atoms with Crippen molar-refractivity contribution < 1.29 is 9.53 Å². The molecule has 2 aliphatic rings. The number of ether oxygens (including phenoxy) is 1. The van der Waals surface area contributed by atoms with E-state index in [1.54, 1.807) is 7.11 Å². The van der Waals surface area contributed by atoms with Gasteiger partial charge in [-0.3, -0.25) is 4.79 Å². The zero-order valence-corrected chi connectivity index (χ0v) is 19.7. The number of hydrogen-bond acceptors (Lipinski definition) is 7. The van der Waals surface area contributed by atoms with Gasteiger partial charge in [0.1, 0.15) is 5.75 Å². The van der Waals surface area contributed by atoms with Gasteiger partial charge >= 0.3 is 0 Å². The summed E-state index contributed by atoms with van der Waals surface area (Å²) in [7, 11) is 1.68. The molecule has 0 radical (unpaired) electrons. The first-order valence-electron chi connectivity index (χ1n) is 12.1. The third kappa shape index (κ3) is 4.77. The summed E-state index contributed by atoms with van der Waals surface area (Å²) >= 11 is 0. The zero-order valence-electron chi connectivity index (χ0n) is 19.7. The van der Waals surface area contributed by atoms with Gasteiger partial charge in [0.05, 0.1) is 7.11 Å². The zero-order chi connectivity index (χ0) is 23.3. The fourth-order valence-corrected chi connectivity index (χ4v) is 4.88. The van der Waals surface area contributed by atoms with E-state index in [4.69, 9.17) is 4.74 Å². The average molecular weight is 461 g/mol. The second kappa shape index (κ2) is 10.3. The molecule has 0 spiro atoms. The molecule has 1 amide bonds. The molecule has 0 bridgehead atoms. The minimum atomic E-state index is -0.154. The molecule has 2 aliphatic heterocycles. The van der Waals surface area contributed by atoms with Crippen LogP contribution in [0.2, 0.25) is 0 Å². The van der Waals surface area contributed by atoms with Crippen LogP contribution in [-0.4, -0.2) is 80.5 Å². The van der Waals surface area contributed by atoms with Crippen molar-refractivity contribution in [1.82, 2.24) is 20.4 Å². The third-order valence-electron chi connectivity index (χ3n) is 6.81. The molecular formula is C26H32N6O2. The largest absolute Gasteiger partial charge is 0.497 e. The van der Waals surface area contributed by atoms with E-state index in [1.807, 2.05) is 36.4 Å². The Morgan fingerprint density at radius 3 is 2.26 bits per heavy atom. The molecule has 5 rings (SSSR count). The van der Waals surface area contributed by atoms with E-state index in [2.05, 4.69) is 42.3 Å². The lowest BCUT2D eigenvalue weighted by atomic mass is 10.1. The first-order chi connectivity index (χ1) is 16.7. The molecule has 3 aromatic rings. The topological polar surface area (TPSA) is 73.8 Å². The Balaban J connectivity index is 1.27. The normalized spacial score (nSPS) is 16.7. The number of carbonyl (C=O) groups excluding carboxylic acids is 1. The summed E-state index contributed by atoms with van der Waals surface area (Å²) in [6.45, 7) is 7.22. The van der Waals surface area contributed by atoms with Gasteiger partial charge in [0, 0.05) is 55.7 Å². The molecule has 8 heteroatoms. The third-order valence-corrected chi connectivity index (χ3v) is 6.81. The van der Waals surface area contributed by atoms with Gasteiger partial charge in [-0.15, -0.1) is 10.2 Å². The first kappa shape index (κ1) is 22.4. The lowest BCUT2D eigenvalue weighted by Crippen LogP contribution is -2.47. The standard InChI is InChI=1S/C26H32N6O2/c1-34-21-10-8-20(9-11-21)31-16-18-32(19-17-31)25-23-7-3-2-6-22(23)24(28-29-25)26(33)27-12-15-30-13-4-5-14-30/h2-3,6-11H,4-5,12-19H2,1H3,(H,27,33). The van der Waals surface area contributed by atoms with Gasteiger partial charge in [0.15, 0.2) is 11.5 Å². The Hall–Kier alpha value is -3.39. The number of aromatic nitrogens is 2. The Morgan fingerprint density at radius 1 is 0.882 bits per heavy atom. The van der Waals surface area contributed by atoms with Crippen LogP contribution < -0.4 is 19.9 Å². The monoisotopic (exact) mass is 460 g/mol. The van der Waals surface area contributed by atoms with Gasteiger partial charge in [-0.1, -0.05) is 24.3 Å². The van der Waals surface area contributed by atoms with Gasteiger partial charge in [0.25, 0.3) is 5.91 Å². The molecule has 3 heterocycles. The van der Waals surface area contributed by atoms with Gasteiger partial charge in [-0.25, -0.2) is 0 Å². The van der Waals surface area contributed by atoms with Crippen molar-refractivity contribution >= 4 is 28.2 Å². The van der Waals surface area contributed by atoms with E-state index in [0.29, 0.717) is 12.2 Å². The van der Waals surface area contributed by atoms with Crippen LogP contribution in [0.25, 0.3) is 10.8 Å². The van der Waals surface area contributed by atoms with E-state index >= 15 is 0 Å². The quantitative estimate of drug-likeness (QED) is 0.581. The van der Waals surface area contributed by atoms with Gasteiger partial charge < -0.3 is 24.8 Å². The molecule has 2 saturated heterocycles. The Kier molecular flexibility index (Phi) is 6.76. The molecule has 0 atom stereocenters. The number of methoxy groups -OCH3 is 1. The van der Waals surface area contributed by atoms with E-state index in [0.717, 1.165) is 68.2 Å². The number of anilines is 2. The van der Waals surface area contributed by atoms with Crippen LogP contribution in [-0.2, 0) is 0 Å². The van der Waals surface area contributed by atoms with Crippen molar-refractivity contribution in [2.75, 3.05) is 69.3 Å². The number of rotatable bonds is 7. The molecule has 0 saturated carbocycles. The molecule has 1 aromatic heterocycles. The predicted octanol–water partition coefficient (Wildman–Crippen LogP) is 2.79. The number of nitrogens with one attached hydrogen (secondary N) is 1. The number of fused-ring (bicyclic) bond motifs is 1. The summed E-state index contributed by atoms with van der Waals surface area (Å²) in [6, 6.07) is 16.1. The number of hydrogen-bond donors (Lipinski definition) is 1. The van der Waals surface area contributed by atoms with E-state index in [-0.39, 0.29) is 5.91 Å². The van der Waals surface area contributed by atoms with Gasteiger partial charge in [-0.05, 0) is 50.2 Å². The van der Waals surface area contributed by atoms with Crippen LogP contribution in [0.5, 0.6) is 5.75 Å². The highest BCUT2D eigenvalue weighted by molar-refractivity contribution is 6.07. The number of carbonyl (C=O) groups is 1. The van der Waals surface area contributed by atoms with Crippen LogP contribution in [0.1, 0.15) is 23.3 Å². The lowest BCUT2D eigenvalue weighted by Gasteiger charge is -2.37. The molecule has 8 nitrogen and oxygen atoms in total. The molecule has 178 valence electrons. The average Bonchev–Trinajstić information content (AvgIpc) is 3.42. The highest BCUT2D eigenvalue weighted by Crippen LogP contribution is 2.28. The number of piperazine rings is 1. The summed E-state index contributed by atoms with van der Waals surface area (Å²) in [5.41, 5.74) is 1.59. The maximum Gasteiger partial charge on any atom is 0.272 e. The molecule has 0 unspecified atom stereocenters. The van der Waals surface area contributed by atoms with Crippen molar-refractivity contribution in [3.05, 3.63) is 54.2 Å². The highest BCUT2D eigenvalue weighted by Gasteiger charge is 2.23. The minimum Gasteiger partial charge on any atom is -0.497 e. The van der Waals surface area contributed by atoms with Crippen molar-refractivity contribution in [2.24, 2.45) is 0 Å². The summed E-state index contributed by atoms with van der Waals surface area (Å²) in [4.78, 5) is 19.9. The second-order valence-corrected chi connectivity index (χ2v) is 8.89. The number of nitrogens with zero attached hydrogens (tertiary/aromatic N) is 5. The molecule has 0 aliphatic carbocycles. The van der Waals surface area contributed by atoms with E-state index in [1.165, 1.54) is 18.5 Å². The summed E-state index contributed by atoms with van der Waals surface area (Å²) in [5.74, 6) is 1.56. The smallest absolute Gasteiger partial charge is 0.272 e. The van der Waals surface area contributed by atoms with Crippen molar-refractivity contribution in [2.45, 2.75) is 12.8 Å². The molecule has 1 N–H and O–H groups in total. The Morgan fingerprint density at radius 2 is 1.56 bits per heavy atom. The van der Waals surface area contributed by atoms with Crippen LogP contribution in [0.15, 0.2) is 48.5 Å². The van der Waals surface area contributed by atoms with Crippen molar-refractivity contribution in [3.8, 4) is 5.75 Å². The lowest BCUT2D eigenvalue weighted by molar-refractivity contribution is 0.0945. The Labute approximate surface area is 200 Å². The van der Waals surface area contributed by atoms with E-state index < -0.39 is 0 Å². The minimum absolute atomic E-state index is 0.154. The Bertz CT molecular complexity index is 1120.